The SMILES string of the molecule is [C-]#[N+]/N=C1/C=C(c2ccc(C(F)(F)F)cc2)C(=NC#N)C=C1c1ccc(C)cc1. The van der Waals surface area contributed by atoms with E-state index in [4.69, 9.17) is 11.8 Å². The fourth-order valence-electron chi connectivity index (χ4n) is 2.89. The lowest BCUT2D eigenvalue weighted by Crippen LogP contribution is -2.13. The molecule has 0 fully saturated rings. The van der Waals surface area contributed by atoms with Crippen LogP contribution in [0.2, 0.25) is 0 Å². The van der Waals surface area contributed by atoms with Crippen molar-refractivity contribution in [2.75, 3.05) is 0 Å². The van der Waals surface area contributed by atoms with Gasteiger partial charge in [0.1, 0.15) is 0 Å². The Labute approximate surface area is 165 Å². The molecule has 0 spiro atoms. The van der Waals surface area contributed by atoms with Crippen molar-refractivity contribution in [3.8, 4) is 6.19 Å². The maximum atomic E-state index is 12.8. The largest absolute Gasteiger partial charge is 0.416 e. The van der Waals surface area contributed by atoms with E-state index in [9.17, 15) is 13.2 Å². The first-order valence-electron chi connectivity index (χ1n) is 8.43. The number of nitriles is 1. The summed E-state index contributed by atoms with van der Waals surface area (Å²) in [4.78, 5) is 6.92. The molecule has 1 aliphatic carbocycles. The van der Waals surface area contributed by atoms with Gasteiger partial charge in [-0.05, 0) is 42.3 Å². The normalized spacial score (nSPS) is 16.8. The quantitative estimate of drug-likeness (QED) is 0.281. The van der Waals surface area contributed by atoms with Crippen LogP contribution in [0, 0.1) is 25.0 Å². The molecule has 4 nitrogen and oxygen atoms in total. The Hall–Kier alpha value is -3.97. The Morgan fingerprint density at radius 3 is 1.93 bits per heavy atom. The van der Waals surface area contributed by atoms with Crippen LogP contribution in [-0.4, -0.2) is 11.4 Å². The predicted octanol–water partition coefficient (Wildman–Crippen LogP) is 5.69. The number of benzene rings is 2. The van der Waals surface area contributed by atoms with Crippen LogP contribution in [-0.2, 0) is 6.18 Å². The molecular formula is C22H13F3N4. The van der Waals surface area contributed by atoms with Crippen LogP contribution in [0.1, 0.15) is 22.3 Å². The molecule has 1 aliphatic rings. The number of halogens is 3. The van der Waals surface area contributed by atoms with Crippen LogP contribution >= 0.6 is 0 Å². The number of nitrogens with zero attached hydrogens (tertiary/aromatic N) is 4. The monoisotopic (exact) mass is 390 g/mol. The van der Waals surface area contributed by atoms with Gasteiger partial charge in [0.15, 0.2) is 5.71 Å². The summed E-state index contributed by atoms with van der Waals surface area (Å²) in [5.74, 6) is 0. The minimum Gasteiger partial charge on any atom is -0.181 e. The maximum absolute atomic E-state index is 12.8. The number of rotatable bonds is 2. The summed E-state index contributed by atoms with van der Waals surface area (Å²) in [6.45, 7) is 9.04. The highest BCUT2D eigenvalue weighted by Gasteiger charge is 2.30. The van der Waals surface area contributed by atoms with Crippen LogP contribution in [0.15, 0.2) is 70.8 Å². The second kappa shape index (κ2) is 7.95. The lowest BCUT2D eigenvalue weighted by atomic mass is 9.87. The van der Waals surface area contributed by atoms with E-state index < -0.39 is 11.7 Å². The molecule has 142 valence electrons. The Morgan fingerprint density at radius 1 is 0.897 bits per heavy atom. The highest BCUT2D eigenvalue weighted by atomic mass is 19.4. The molecule has 0 N–H and O–H groups in total. The molecule has 0 bridgehead atoms. The number of hydrogen-bond donors (Lipinski definition) is 0. The smallest absolute Gasteiger partial charge is 0.181 e. The van der Waals surface area contributed by atoms with Gasteiger partial charge in [0.2, 0.25) is 6.19 Å². The molecule has 3 rings (SSSR count). The second-order valence-corrected chi connectivity index (χ2v) is 6.24. The first kappa shape index (κ1) is 19.8. The summed E-state index contributed by atoms with van der Waals surface area (Å²) in [6.07, 6.45) is 0.454. The highest BCUT2D eigenvalue weighted by molar-refractivity contribution is 6.46. The van der Waals surface area contributed by atoms with Crippen LogP contribution in [0.25, 0.3) is 16.1 Å². The van der Waals surface area contributed by atoms with E-state index in [-0.39, 0.29) is 5.71 Å². The summed E-state index contributed by atoms with van der Waals surface area (Å²) in [5, 5.41) is 12.9. The average Bonchev–Trinajstić information content (AvgIpc) is 2.69. The summed E-state index contributed by atoms with van der Waals surface area (Å²) in [7, 11) is 0. The number of allylic oxidation sites excluding steroid dienone is 4. The molecule has 0 saturated carbocycles. The van der Waals surface area contributed by atoms with Gasteiger partial charge in [-0.15, -0.1) is 4.95 Å². The van der Waals surface area contributed by atoms with E-state index in [1.807, 2.05) is 31.2 Å². The zero-order valence-electron chi connectivity index (χ0n) is 15.2. The minimum absolute atomic E-state index is 0.284. The lowest BCUT2D eigenvalue weighted by molar-refractivity contribution is -0.137. The molecule has 7 heteroatoms. The minimum atomic E-state index is -4.45. The average molecular weight is 390 g/mol. The van der Waals surface area contributed by atoms with E-state index in [2.05, 4.69) is 15.0 Å². The molecule has 0 radical (unpaired) electrons. The van der Waals surface area contributed by atoms with Gasteiger partial charge in [0.05, 0.1) is 16.4 Å². The van der Waals surface area contributed by atoms with Crippen LogP contribution in [0.3, 0.4) is 0 Å². The molecule has 0 aromatic heterocycles. The van der Waals surface area contributed by atoms with E-state index in [1.165, 1.54) is 12.1 Å². The molecule has 2 aromatic carbocycles. The van der Waals surface area contributed by atoms with Crippen LogP contribution in [0.4, 0.5) is 13.2 Å². The van der Waals surface area contributed by atoms with Gasteiger partial charge in [0.25, 0.3) is 0 Å². The van der Waals surface area contributed by atoms with Gasteiger partial charge in [0, 0.05) is 11.1 Å². The van der Waals surface area contributed by atoms with Gasteiger partial charge in [-0.25, -0.2) is 0 Å². The van der Waals surface area contributed by atoms with Gasteiger partial charge >= 0.3 is 6.18 Å². The first-order valence-corrected chi connectivity index (χ1v) is 8.43. The molecule has 0 amide bonds. The fraction of sp³-hybridized carbons (Fsp3) is 0.0909. The molecule has 0 aliphatic heterocycles. The predicted molar refractivity (Wildman–Crippen MR) is 106 cm³/mol. The third-order valence-corrected chi connectivity index (χ3v) is 4.33. The Bertz CT molecular complexity index is 1140. The van der Waals surface area contributed by atoms with Gasteiger partial charge in [-0.2, -0.15) is 30.0 Å². The fourth-order valence-corrected chi connectivity index (χ4v) is 2.89. The van der Waals surface area contributed by atoms with Crippen molar-refractivity contribution in [2.24, 2.45) is 10.1 Å². The summed E-state index contributed by atoms with van der Waals surface area (Å²) in [5.41, 5.74) is 3.14. The Morgan fingerprint density at radius 2 is 1.41 bits per heavy atom. The van der Waals surface area contributed by atoms with Crippen LogP contribution < -0.4 is 0 Å². The third-order valence-electron chi connectivity index (χ3n) is 4.33. The molecular weight excluding hydrogens is 377 g/mol. The van der Waals surface area contributed by atoms with Crippen molar-refractivity contribution < 1.29 is 13.2 Å². The molecule has 0 heterocycles. The van der Waals surface area contributed by atoms with E-state index in [1.54, 1.807) is 18.3 Å². The molecule has 29 heavy (non-hydrogen) atoms. The van der Waals surface area contributed by atoms with E-state index in [0.717, 1.165) is 23.3 Å². The molecule has 0 saturated heterocycles. The van der Waals surface area contributed by atoms with Crippen molar-refractivity contribution >= 4 is 22.6 Å². The van der Waals surface area contributed by atoms with Crippen molar-refractivity contribution in [3.63, 3.8) is 0 Å². The zero-order valence-corrected chi connectivity index (χ0v) is 15.2. The third kappa shape index (κ3) is 4.31. The van der Waals surface area contributed by atoms with Crippen molar-refractivity contribution in [3.05, 3.63) is 94.5 Å². The maximum Gasteiger partial charge on any atom is 0.416 e. The Balaban J connectivity index is 2.12. The Kier molecular flexibility index (Phi) is 5.43. The summed E-state index contributed by atoms with van der Waals surface area (Å²) in [6, 6.07) is 12.1. The number of alkyl halides is 3. The van der Waals surface area contributed by atoms with Crippen molar-refractivity contribution in [2.45, 2.75) is 13.1 Å². The topological polar surface area (TPSA) is 52.9 Å². The second-order valence-electron chi connectivity index (χ2n) is 6.24. The van der Waals surface area contributed by atoms with Gasteiger partial charge < -0.3 is 0 Å². The number of aliphatic imine (C=N–C) groups is 1. The summed E-state index contributed by atoms with van der Waals surface area (Å²) < 4.78 is 38.5. The molecule has 0 atom stereocenters. The van der Waals surface area contributed by atoms with E-state index in [0.29, 0.717) is 22.4 Å². The number of hydrogen-bond acceptors (Lipinski definition) is 3. The van der Waals surface area contributed by atoms with Gasteiger partial charge in [-0.3, -0.25) is 0 Å². The van der Waals surface area contributed by atoms with E-state index >= 15 is 0 Å². The lowest BCUT2D eigenvalue weighted by Gasteiger charge is -2.17. The highest BCUT2D eigenvalue weighted by Crippen LogP contribution is 2.32. The zero-order chi connectivity index (χ0) is 21.0. The summed E-state index contributed by atoms with van der Waals surface area (Å²) >= 11 is 0. The molecule has 2 aromatic rings. The standard InChI is InChI=1S/C22H13F3N4/c1-14-3-5-15(6-4-14)19-11-20(28-13-26)18(12-21(19)29-27-2)16-7-9-17(10-8-16)22(23,24)25/h3-12H,1H3/b28-20?,29-21-. The van der Waals surface area contributed by atoms with Gasteiger partial charge in [-0.1, -0.05) is 42.0 Å². The molecule has 0 unspecified atom stereocenters. The van der Waals surface area contributed by atoms with Crippen molar-refractivity contribution in [1.29, 1.82) is 5.26 Å². The van der Waals surface area contributed by atoms with Crippen molar-refractivity contribution in [1.82, 2.24) is 0 Å². The first-order chi connectivity index (χ1) is 13.8. The number of aryl methyl sites for hydroxylation is 1. The van der Waals surface area contributed by atoms with Crippen LogP contribution in [0.5, 0.6) is 0 Å².